The van der Waals surface area contributed by atoms with Crippen molar-refractivity contribution in [2.24, 2.45) is 0 Å². The van der Waals surface area contributed by atoms with Crippen molar-refractivity contribution in [2.45, 2.75) is 17.6 Å². The molecule has 0 saturated carbocycles. The number of nitrogen functional groups attached to an aromatic ring is 1. The first-order valence-corrected chi connectivity index (χ1v) is 7.22. The molecule has 0 saturated heterocycles. The lowest BCUT2D eigenvalue weighted by molar-refractivity contribution is 0.555. The van der Waals surface area contributed by atoms with E-state index < -0.39 is 5.76 Å². The lowest BCUT2D eigenvalue weighted by atomic mass is 10.1. The molecule has 3 N–H and O–H groups in total. The summed E-state index contributed by atoms with van der Waals surface area (Å²) in [6.45, 7) is 2.09. The maximum atomic E-state index is 11.2. The van der Waals surface area contributed by atoms with E-state index in [2.05, 4.69) is 24.0 Å². The Balaban J connectivity index is 1.89. The molecule has 0 atom stereocenters. The second-order valence-corrected chi connectivity index (χ2v) is 5.63. The number of fused-ring (bicyclic) bond motifs is 1. The molecule has 2 aromatic carbocycles. The van der Waals surface area contributed by atoms with Gasteiger partial charge in [-0.25, -0.2) is 4.79 Å². The summed E-state index contributed by atoms with van der Waals surface area (Å²) in [5.74, 6) is 0.380. The Morgan fingerprint density at radius 2 is 2.10 bits per heavy atom. The van der Waals surface area contributed by atoms with Crippen molar-refractivity contribution in [3.05, 3.63) is 58.1 Å². The second-order valence-electron chi connectivity index (χ2n) is 4.62. The van der Waals surface area contributed by atoms with Crippen LogP contribution in [0.3, 0.4) is 0 Å². The number of rotatable bonds is 3. The van der Waals surface area contributed by atoms with Crippen LogP contribution in [0.15, 0.2) is 50.5 Å². The molecule has 102 valence electrons. The van der Waals surface area contributed by atoms with Gasteiger partial charge < -0.3 is 10.2 Å². The Morgan fingerprint density at radius 3 is 2.90 bits per heavy atom. The van der Waals surface area contributed by atoms with E-state index in [-0.39, 0.29) is 0 Å². The first kappa shape index (κ1) is 12.9. The zero-order valence-corrected chi connectivity index (χ0v) is 11.8. The van der Waals surface area contributed by atoms with Gasteiger partial charge >= 0.3 is 5.76 Å². The van der Waals surface area contributed by atoms with Crippen LogP contribution in [-0.2, 0) is 5.75 Å². The number of thioether (sulfide) groups is 1. The van der Waals surface area contributed by atoms with Crippen molar-refractivity contribution in [3.63, 3.8) is 0 Å². The number of nitrogens with two attached hydrogens (primary N) is 1. The Morgan fingerprint density at radius 1 is 1.30 bits per heavy atom. The minimum atomic E-state index is -0.458. The van der Waals surface area contributed by atoms with Crippen LogP contribution in [0.5, 0.6) is 0 Å². The molecule has 0 fully saturated rings. The van der Waals surface area contributed by atoms with Crippen LogP contribution in [0, 0.1) is 6.92 Å². The molecule has 0 unspecified atom stereocenters. The Hall–Kier alpha value is -2.14. The van der Waals surface area contributed by atoms with Crippen molar-refractivity contribution in [1.82, 2.24) is 4.98 Å². The Bertz CT molecular complexity index is 820. The molecule has 0 bridgehead atoms. The molecular weight excluding hydrogens is 272 g/mol. The van der Waals surface area contributed by atoms with Crippen molar-refractivity contribution < 1.29 is 4.42 Å². The first-order valence-electron chi connectivity index (χ1n) is 6.23. The van der Waals surface area contributed by atoms with E-state index in [1.54, 1.807) is 17.8 Å². The maximum absolute atomic E-state index is 11.2. The van der Waals surface area contributed by atoms with Gasteiger partial charge in [0.15, 0.2) is 5.58 Å². The predicted molar refractivity (Wildman–Crippen MR) is 82.0 cm³/mol. The average Bonchev–Trinajstić information content (AvgIpc) is 2.76. The van der Waals surface area contributed by atoms with Crippen molar-refractivity contribution in [2.75, 3.05) is 5.73 Å². The SMILES string of the molecule is Cc1ccccc1CSc1cc2[nH]c(=O)oc2cc1N. The van der Waals surface area contributed by atoms with Gasteiger partial charge in [0.1, 0.15) is 0 Å². The number of aromatic nitrogens is 1. The summed E-state index contributed by atoms with van der Waals surface area (Å²) in [4.78, 5) is 14.8. The highest BCUT2D eigenvalue weighted by atomic mass is 32.2. The minimum absolute atomic E-state index is 0.458. The number of oxazole rings is 1. The van der Waals surface area contributed by atoms with E-state index in [4.69, 9.17) is 10.2 Å². The molecular formula is C15H14N2O2S. The molecule has 20 heavy (non-hydrogen) atoms. The number of nitrogens with one attached hydrogen (secondary N) is 1. The summed E-state index contributed by atoms with van der Waals surface area (Å²) in [6.07, 6.45) is 0. The van der Waals surface area contributed by atoms with Crippen LogP contribution < -0.4 is 11.5 Å². The zero-order valence-electron chi connectivity index (χ0n) is 11.0. The predicted octanol–water partition coefficient (Wildman–Crippen LogP) is 3.30. The lowest BCUT2D eigenvalue weighted by Gasteiger charge is -2.07. The van der Waals surface area contributed by atoms with E-state index in [1.807, 2.05) is 18.2 Å². The quantitative estimate of drug-likeness (QED) is 0.572. The Kier molecular flexibility index (Phi) is 3.28. The normalized spacial score (nSPS) is 11.1. The summed E-state index contributed by atoms with van der Waals surface area (Å²) in [5.41, 5.74) is 10.3. The molecule has 0 spiro atoms. The molecule has 3 rings (SSSR count). The van der Waals surface area contributed by atoms with E-state index >= 15 is 0 Å². The molecule has 0 aliphatic rings. The number of hydrogen-bond acceptors (Lipinski definition) is 4. The highest BCUT2D eigenvalue weighted by molar-refractivity contribution is 7.98. The summed E-state index contributed by atoms with van der Waals surface area (Å²) in [5, 5.41) is 0. The van der Waals surface area contributed by atoms with Gasteiger partial charge in [-0.3, -0.25) is 4.98 Å². The van der Waals surface area contributed by atoms with Crippen LogP contribution in [0.2, 0.25) is 0 Å². The third-order valence-corrected chi connectivity index (χ3v) is 4.32. The standard InChI is InChI=1S/C15H14N2O2S/c1-9-4-2-3-5-10(9)8-20-14-7-12-13(6-11(14)16)19-15(18)17-12/h2-7H,8,16H2,1H3,(H,17,18). The fourth-order valence-corrected chi connectivity index (χ4v) is 3.11. The fourth-order valence-electron chi connectivity index (χ4n) is 2.05. The van der Waals surface area contributed by atoms with Gasteiger partial charge in [0, 0.05) is 22.4 Å². The molecule has 0 radical (unpaired) electrons. The van der Waals surface area contributed by atoms with Crippen molar-refractivity contribution >= 4 is 28.5 Å². The number of H-pyrrole nitrogens is 1. The summed E-state index contributed by atoms with van der Waals surface area (Å²) < 4.78 is 4.99. The van der Waals surface area contributed by atoms with Gasteiger partial charge in [0.2, 0.25) is 0 Å². The van der Waals surface area contributed by atoms with Crippen LogP contribution >= 0.6 is 11.8 Å². The second kappa shape index (κ2) is 5.09. The fraction of sp³-hybridized carbons (Fsp3) is 0.133. The van der Waals surface area contributed by atoms with Crippen molar-refractivity contribution in [3.8, 4) is 0 Å². The molecule has 1 aromatic heterocycles. The number of benzene rings is 2. The van der Waals surface area contributed by atoms with Gasteiger partial charge in [-0.2, -0.15) is 0 Å². The van der Waals surface area contributed by atoms with Gasteiger partial charge in [0.05, 0.1) is 5.52 Å². The number of aromatic amines is 1. The van der Waals surface area contributed by atoms with E-state index in [0.29, 0.717) is 16.8 Å². The smallest absolute Gasteiger partial charge is 0.408 e. The molecule has 4 nitrogen and oxygen atoms in total. The van der Waals surface area contributed by atoms with E-state index in [0.717, 1.165) is 10.6 Å². The van der Waals surface area contributed by atoms with Crippen LogP contribution in [0.4, 0.5) is 5.69 Å². The molecule has 3 aromatic rings. The number of aryl methyl sites for hydroxylation is 1. The van der Waals surface area contributed by atoms with Crippen LogP contribution in [-0.4, -0.2) is 4.98 Å². The number of hydrogen-bond donors (Lipinski definition) is 2. The lowest BCUT2D eigenvalue weighted by Crippen LogP contribution is -1.93. The van der Waals surface area contributed by atoms with Gasteiger partial charge in [-0.05, 0) is 24.1 Å². The van der Waals surface area contributed by atoms with Crippen molar-refractivity contribution in [1.29, 1.82) is 0 Å². The van der Waals surface area contributed by atoms with E-state index in [1.165, 1.54) is 11.1 Å². The van der Waals surface area contributed by atoms with Crippen LogP contribution in [0.25, 0.3) is 11.1 Å². The van der Waals surface area contributed by atoms with Crippen LogP contribution in [0.1, 0.15) is 11.1 Å². The molecule has 0 amide bonds. The molecule has 0 aliphatic carbocycles. The molecule has 1 heterocycles. The molecule has 5 heteroatoms. The Labute approximate surface area is 120 Å². The third kappa shape index (κ3) is 2.44. The largest absolute Gasteiger partial charge is 0.417 e. The highest BCUT2D eigenvalue weighted by Gasteiger charge is 2.08. The summed E-state index contributed by atoms with van der Waals surface area (Å²) >= 11 is 1.65. The average molecular weight is 286 g/mol. The van der Waals surface area contributed by atoms with Gasteiger partial charge in [-0.1, -0.05) is 24.3 Å². The highest BCUT2D eigenvalue weighted by Crippen LogP contribution is 2.31. The molecule has 0 aliphatic heterocycles. The van der Waals surface area contributed by atoms with Gasteiger partial charge in [-0.15, -0.1) is 11.8 Å². The van der Waals surface area contributed by atoms with Gasteiger partial charge in [0.25, 0.3) is 0 Å². The minimum Gasteiger partial charge on any atom is -0.408 e. The number of anilines is 1. The summed E-state index contributed by atoms with van der Waals surface area (Å²) in [7, 11) is 0. The van der Waals surface area contributed by atoms with E-state index in [9.17, 15) is 4.79 Å². The maximum Gasteiger partial charge on any atom is 0.417 e. The summed E-state index contributed by atoms with van der Waals surface area (Å²) in [6, 6.07) is 11.8. The third-order valence-electron chi connectivity index (χ3n) is 3.20. The topological polar surface area (TPSA) is 72.0 Å². The zero-order chi connectivity index (χ0) is 14.1. The monoisotopic (exact) mass is 286 g/mol. The first-order chi connectivity index (χ1) is 9.63.